The lowest BCUT2D eigenvalue weighted by molar-refractivity contribution is 0.378. The molecule has 1 aliphatic carbocycles. The van der Waals surface area contributed by atoms with Gasteiger partial charge in [0.05, 0.1) is 29.1 Å². The number of hydrogen-bond acceptors (Lipinski definition) is 5. The van der Waals surface area contributed by atoms with Crippen LogP contribution in [0.5, 0.6) is 0 Å². The number of imidazole rings is 1. The number of hydrogen-bond donors (Lipinski definition) is 0. The molecule has 1 heterocycles. The summed E-state index contributed by atoms with van der Waals surface area (Å²) in [4.78, 5) is 4.41. The van der Waals surface area contributed by atoms with Crippen LogP contribution >= 0.6 is 0 Å². The third-order valence-electron chi connectivity index (χ3n) is 5.80. The molecule has 0 aliphatic heterocycles. The largest absolute Gasteiger partial charge is 0.315 e. The average molecular weight is 506 g/mol. The van der Waals surface area contributed by atoms with Crippen molar-refractivity contribution in [3.05, 3.63) is 77.4 Å². The van der Waals surface area contributed by atoms with Crippen LogP contribution in [-0.2, 0) is 32.2 Å². The second-order valence-electron chi connectivity index (χ2n) is 8.98. The van der Waals surface area contributed by atoms with E-state index in [4.69, 9.17) is 0 Å². The molecular formula is C24H28FN3O4S2. The maximum atomic E-state index is 13.4. The molecule has 0 unspecified atom stereocenters. The van der Waals surface area contributed by atoms with Crippen molar-refractivity contribution < 1.29 is 21.2 Å². The van der Waals surface area contributed by atoms with Gasteiger partial charge >= 0.3 is 0 Å². The van der Waals surface area contributed by atoms with Gasteiger partial charge in [0.25, 0.3) is 0 Å². The van der Waals surface area contributed by atoms with E-state index in [-0.39, 0.29) is 34.4 Å². The summed E-state index contributed by atoms with van der Waals surface area (Å²) >= 11 is 0. The van der Waals surface area contributed by atoms with Gasteiger partial charge in [0.15, 0.2) is 0 Å². The molecule has 4 rings (SSSR count). The van der Waals surface area contributed by atoms with Crippen LogP contribution in [0, 0.1) is 12.7 Å². The molecule has 7 nitrogen and oxygen atoms in total. The molecule has 1 saturated carbocycles. The van der Waals surface area contributed by atoms with Crippen molar-refractivity contribution >= 4 is 19.9 Å². The minimum Gasteiger partial charge on any atom is -0.315 e. The van der Waals surface area contributed by atoms with Gasteiger partial charge in [0, 0.05) is 12.1 Å². The van der Waals surface area contributed by atoms with Crippen LogP contribution in [0.15, 0.2) is 64.8 Å². The summed E-state index contributed by atoms with van der Waals surface area (Å²) in [6.45, 7) is 5.58. The Morgan fingerprint density at radius 2 is 1.65 bits per heavy atom. The van der Waals surface area contributed by atoms with Crippen molar-refractivity contribution in [3.63, 3.8) is 0 Å². The van der Waals surface area contributed by atoms with E-state index >= 15 is 0 Å². The number of sulfone groups is 1. The molecule has 0 atom stereocenters. The highest BCUT2D eigenvalue weighted by molar-refractivity contribution is 7.90. The van der Waals surface area contributed by atoms with Crippen LogP contribution in [0.3, 0.4) is 0 Å². The lowest BCUT2D eigenvalue weighted by Gasteiger charge is -2.24. The molecule has 1 aliphatic rings. The standard InChI is InChI=1S/C24H28FN3O4S2/c1-17(2)28-22(14-26-24(28)33(29,30)16-19-6-8-20(25)9-7-19)15-27(21-10-11-21)34(31,32)23-12-4-18(3)5-13-23/h4-9,12-14,17,21H,10-11,15-16H2,1-3H3. The van der Waals surface area contributed by atoms with Gasteiger partial charge in [0.2, 0.25) is 25.0 Å². The molecule has 0 spiro atoms. The summed E-state index contributed by atoms with van der Waals surface area (Å²) < 4.78 is 69.5. The van der Waals surface area contributed by atoms with Crippen molar-refractivity contribution in [1.29, 1.82) is 0 Å². The van der Waals surface area contributed by atoms with Crippen LogP contribution in [0.25, 0.3) is 0 Å². The first kappa shape index (κ1) is 24.6. The van der Waals surface area contributed by atoms with E-state index in [1.165, 1.54) is 34.8 Å². The van der Waals surface area contributed by atoms with Crippen molar-refractivity contribution in [1.82, 2.24) is 13.9 Å². The topological polar surface area (TPSA) is 89.3 Å². The zero-order chi connectivity index (χ0) is 24.7. The Hall–Kier alpha value is -2.56. The Bertz CT molecular complexity index is 1380. The Kier molecular flexibility index (Phi) is 6.67. The SMILES string of the molecule is Cc1ccc(S(=O)(=O)N(Cc2cnc(S(=O)(=O)Cc3ccc(F)cc3)n2C(C)C)C2CC2)cc1. The van der Waals surface area contributed by atoms with Gasteiger partial charge in [-0.1, -0.05) is 29.8 Å². The molecular weight excluding hydrogens is 477 g/mol. The smallest absolute Gasteiger partial charge is 0.243 e. The highest BCUT2D eigenvalue weighted by Gasteiger charge is 2.39. The normalized spacial score (nSPS) is 14.8. The third kappa shape index (κ3) is 5.08. The molecule has 0 radical (unpaired) electrons. The predicted molar refractivity (Wildman–Crippen MR) is 127 cm³/mol. The first-order chi connectivity index (χ1) is 16.0. The van der Waals surface area contributed by atoms with Gasteiger partial charge in [-0.05, 0) is 63.4 Å². The predicted octanol–water partition coefficient (Wildman–Crippen LogP) is 4.24. The molecule has 3 aromatic rings. The summed E-state index contributed by atoms with van der Waals surface area (Å²) in [7, 11) is -7.62. The number of benzene rings is 2. The number of nitrogens with zero attached hydrogens (tertiary/aromatic N) is 3. The van der Waals surface area contributed by atoms with E-state index in [9.17, 15) is 21.2 Å². The molecule has 10 heteroatoms. The quantitative estimate of drug-likeness (QED) is 0.434. The lowest BCUT2D eigenvalue weighted by Crippen LogP contribution is -2.33. The summed E-state index contributed by atoms with van der Waals surface area (Å²) in [6.07, 6.45) is 2.96. The maximum absolute atomic E-state index is 13.4. The van der Waals surface area contributed by atoms with E-state index < -0.39 is 25.7 Å². The second-order valence-corrected chi connectivity index (χ2v) is 12.7. The van der Waals surface area contributed by atoms with Crippen molar-refractivity contribution in [2.24, 2.45) is 0 Å². The Morgan fingerprint density at radius 1 is 1.03 bits per heavy atom. The summed E-state index contributed by atoms with van der Waals surface area (Å²) in [5.74, 6) is -0.771. The van der Waals surface area contributed by atoms with E-state index in [1.807, 2.05) is 20.8 Å². The molecule has 2 aromatic carbocycles. The van der Waals surface area contributed by atoms with Crippen LogP contribution in [0.2, 0.25) is 0 Å². The third-order valence-corrected chi connectivity index (χ3v) is 9.29. The fourth-order valence-corrected chi connectivity index (χ4v) is 7.18. The van der Waals surface area contributed by atoms with Gasteiger partial charge in [-0.15, -0.1) is 0 Å². The number of aromatic nitrogens is 2. The number of halogens is 1. The van der Waals surface area contributed by atoms with Gasteiger partial charge in [-0.25, -0.2) is 26.2 Å². The van der Waals surface area contributed by atoms with E-state index in [2.05, 4.69) is 4.98 Å². The molecule has 34 heavy (non-hydrogen) atoms. The number of rotatable bonds is 9. The van der Waals surface area contributed by atoms with Gasteiger partial charge in [0.1, 0.15) is 5.82 Å². The minimum atomic E-state index is -3.85. The Labute approximate surface area is 200 Å². The first-order valence-corrected chi connectivity index (χ1v) is 14.2. The molecule has 0 amide bonds. The fourth-order valence-electron chi connectivity index (χ4n) is 3.92. The van der Waals surface area contributed by atoms with Crippen LogP contribution in [0.1, 0.15) is 49.6 Å². The maximum Gasteiger partial charge on any atom is 0.243 e. The highest BCUT2D eigenvalue weighted by Crippen LogP contribution is 2.34. The van der Waals surface area contributed by atoms with Crippen molar-refractivity contribution in [2.45, 2.75) is 68.0 Å². The number of aryl methyl sites for hydroxylation is 1. The van der Waals surface area contributed by atoms with Gasteiger partial charge in [-0.2, -0.15) is 4.31 Å². The lowest BCUT2D eigenvalue weighted by atomic mass is 10.2. The van der Waals surface area contributed by atoms with E-state index in [0.29, 0.717) is 11.3 Å². The summed E-state index contributed by atoms with van der Waals surface area (Å²) in [5, 5.41) is -0.120. The second kappa shape index (κ2) is 9.24. The molecule has 0 N–H and O–H groups in total. The molecule has 182 valence electrons. The Morgan fingerprint density at radius 3 is 2.21 bits per heavy atom. The molecule has 1 aromatic heterocycles. The van der Waals surface area contributed by atoms with Crippen molar-refractivity contribution in [2.75, 3.05) is 0 Å². The zero-order valence-electron chi connectivity index (χ0n) is 19.3. The van der Waals surface area contributed by atoms with E-state index in [1.54, 1.807) is 28.8 Å². The Balaban J connectivity index is 1.68. The average Bonchev–Trinajstić information content (AvgIpc) is 3.51. The summed E-state index contributed by atoms with van der Waals surface area (Å²) in [6, 6.07) is 11.6. The van der Waals surface area contributed by atoms with E-state index in [0.717, 1.165) is 18.4 Å². The fraction of sp³-hybridized carbons (Fsp3) is 0.375. The minimum absolute atomic E-state index is 0.0259. The van der Waals surface area contributed by atoms with Crippen LogP contribution in [-0.4, -0.2) is 36.7 Å². The monoisotopic (exact) mass is 505 g/mol. The highest BCUT2D eigenvalue weighted by atomic mass is 32.2. The molecule has 0 saturated heterocycles. The first-order valence-electron chi connectivity index (χ1n) is 11.1. The van der Waals surface area contributed by atoms with Gasteiger partial charge < -0.3 is 4.57 Å². The van der Waals surface area contributed by atoms with Crippen molar-refractivity contribution in [3.8, 4) is 0 Å². The zero-order valence-corrected chi connectivity index (χ0v) is 21.0. The summed E-state index contributed by atoms with van der Waals surface area (Å²) in [5.41, 5.74) is 1.92. The molecule has 0 bridgehead atoms. The van der Waals surface area contributed by atoms with Gasteiger partial charge in [-0.3, -0.25) is 0 Å². The molecule has 1 fully saturated rings. The van der Waals surface area contributed by atoms with Crippen LogP contribution in [0.4, 0.5) is 4.39 Å². The number of sulfonamides is 1. The van der Waals surface area contributed by atoms with Crippen LogP contribution < -0.4 is 0 Å².